The van der Waals surface area contributed by atoms with Crippen LogP contribution >= 0.6 is 0 Å². The first-order valence-corrected chi connectivity index (χ1v) is 13.2. The lowest BCUT2D eigenvalue weighted by Crippen LogP contribution is -2.45. The molecule has 6 nitrogen and oxygen atoms in total. The first-order valence-electron chi connectivity index (χ1n) is 10.3. The molecule has 1 aromatic carbocycles. The summed E-state index contributed by atoms with van der Waals surface area (Å²) in [4.78, 5) is 30.5. The Kier molecular flexibility index (Phi) is 6.74. The number of rotatable bonds is 6. The van der Waals surface area contributed by atoms with Gasteiger partial charge in [-0.05, 0) is 36.2 Å². The molecule has 0 fully saturated rings. The number of fused-ring (bicyclic) bond motifs is 1. The summed E-state index contributed by atoms with van der Waals surface area (Å²) in [5.74, 6) is 0.0159. The van der Waals surface area contributed by atoms with E-state index in [1.54, 1.807) is 26.0 Å². The minimum absolute atomic E-state index is 0.00327. The van der Waals surface area contributed by atoms with E-state index in [0.717, 1.165) is 0 Å². The molecule has 29 heavy (non-hydrogen) atoms. The number of hydrogen-bond donors (Lipinski definition) is 1. The number of carbonyl (C=O) groups excluding carboxylic acids is 1. The fourth-order valence-electron chi connectivity index (χ4n) is 2.67. The van der Waals surface area contributed by atoms with E-state index in [9.17, 15) is 9.59 Å². The zero-order valence-electron chi connectivity index (χ0n) is 19.2. The summed E-state index contributed by atoms with van der Waals surface area (Å²) in [6.45, 7) is 18.6. The fourth-order valence-corrected chi connectivity index (χ4v) is 4.04. The maximum atomic E-state index is 13.3. The van der Waals surface area contributed by atoms with E-state index in [-0.39, 0.29) is 28.3 Å². The topological polar surface area (TPSA) is 73.2 Å². The minimum atomic E-state index is -2.15. The standard InChI is InChI=1S/C22H35N3O3Si/c1-14(2)18(28-29(8,9)22(5,6)7)19-23-17-13-11-10-12-16(17)21(27)25(19)24-20(26)15(3)4/h10-15,18H,1-9H3,(H,24,26)/t18-/m0/s1. The Bertz CT molecular complexity index is 942. The highest BCUT2D eigenvalue weighted by Crippen LogP contribution is 2.41. The average molecular weight is 418 g/mol. The van der Waals surface area contributed by atoms with Crippen molar-refractivity contribution in [3.05, 3.63) is 40.4 Å². The largest absolute Gasteiger partial charge is 0.406 e. The molecule has 0 spiro atoms. The van der Waals surface area contributed by atoms with Gasteiger partial charge in [-0.1, -0.05) is 60.6 Å². The number of nitrogens with zero attached hydrogens (tertiary/aromatic N) is 2. The quantitative estimate of drug-likeness (QED) is 0.683. The first-order chi connectivity index (χ1) is 13.3. The Morgan fingerprint density at radius 1 is 1.14 bits per heavy atom. The van der Waals surface area contributed by atoms with E-state index in [1.807, 2.05) is 26.0 Å². The summed E-state index contributed by atoms with van der Waals surface area (Å²) in [6.07, 6.45) is -0.416. The number of hydrogen-bond acceptors (Lipinski definition) is 4. The van der Waals surface area contributed by atoms with Crippen LogP contribution in [0.3, 0.4) is 0 Å². The molecule has 0 aliphatic heterocycles. The summed E-state index contributed by atoms with van der Waals surface area (Å²) in [5.41, 5.74) is 3.08. The summed E-state index contributed by atoms with van der Waals surface area (Å²) in [5, 5.41) is 0.471. The van der Waals surface area contributed by atoms with Gasteiger partial charge in [-0.2, -0.15) is 4.68 Å². The third-order valence-electron chi connectivity index (χ3n) is 5.64. The minimum Gasteiger partial charge on any atom is -0.406 e. The second-order valence-corrected chi connectivity index (χ2v) is 14.6. The van der Waals surface area contributed by atoms with Gasteiger partial charge in [-0.15, -0.1) is 0 Å². The summed E-state index contributed by atoms with van der Waals surface area (Å²) in [7, 11) is -2.15. The number of amides is 1. The van der Waals surface area contributed by atoms with E-state index in [0.29, 0.717) is 16.7 Å². The lowest BCUT2D eigenvalue weighted by molar-refractivity contribution is -0.119. The number of aromatic nitrogens is 2. The molecular formula is C22H35N3O3Si. The van der Waals surface area contributed by atoms with E-state index in [2.05, 4.69) is 39.3 Å². The maximum Gasteiger partial charge on any atom is 0.280 e. The predicted molar refractivity (Wildman–Crippen MR) is 121 cm³/mol. The molecule has 0 unspecified atom stereocenters. The second kappa shape index (κ2) is 8.40. The highest BCUT2D eigenvalue weighted by molar-refractivity contribution is 6.74. The summed E-state index contributed by atoms with van der Waals surface area (Å²) < 4.78 is 8.00. The number of para-hydroxylation sites is 1. The zero-order valence-corrected chi connectivity index (χ0v) is 20.2. The predicted octanol–water partition coefficient (Wildman–Crippen LogP) is 4.84. The van der Waals surface area contributed by atoms with Crippen molar-refractivity contribution in [3.8, 4) is 0 Å². The third kappa shape index (κ3) is 4.95. The molecule has 7 heteroatoms. The van der Waals surface area contributed by atoms with Crippen LogP contribution in [0.5, 0.6) is 0 Å². The lowest BCUT2D eigenvalue weighted by Gasteiger charge is -2.40. The van der Waals surface area contributed by atoms with Crippen molar-refractivity contribution in [2.45, 2.75) is 72.7 Å². The van der Waals surface area contributed by atoms with Gasteiger partial charge in [0, 0.05) is 5.92 Å². The van der Waals surface area contributed by atoms with Crippen LogP contribution in [0, 0.1) is 11.8 Å². The first kappa shape index (κ1) is 23.3. The van der Waals surface area contributed by atoms with Gasteiger partial charge in [0.1, 0.15) is 6.10 Å². The molecule has 1 N–H and O–H groups in total. The third-order valence-corrected chi connectivity index (χ3v) is 10.1. The molecular weight excluding hydrogens is 382 g/mol. The Labute approximate surface area is 174 Å². The van der Waals surface area contributed by atoms with Crippen LogP contribution in [0.4, 0.5) is 0 Å². The number of benzene rings is 1. The van der Waals surface area contributed by atoms with Crippen LogP contribution in [0.1, 0.15) is 60.4 Å². The van der Waals surface area contributed by atoms with E-state index < -0.39 is 14.4 Å². The van der Waals surface area contributed by atoms with E-state index in [4.69, 9.17) is 9.41 Å². The molecule has 0 saturated carbocycles. The molecule has 1 amide bonds. The average Bonchev–Trinajstić information content (AvgIpc) is 2.60. The Balaban J connectivity index is 2.72. The molecule has 1 atom stereocenters. The van der Waals surface area contributed by atoms with Crippen molar-refractivity contribution in [2.24, 2.45) is 11.8 Å². The van der Waals surface area contributed by atoms with E-state index in [1.165, 1.54) is 4.68 Å². The van der Waals surface area contributed by atoms with Gasteiger partial charge in [0.15, 0.2) is 14.1 Å². The molecule has 1 heterocycles. The van der Waals surface area contributed by atoms with Crippen molar-refractivity contribution in [3.63, 3.8) is 0 Å². The number of carbonyl (C=O) groups is 1. The van der Waals surface area contributed by atoms with Crippen molar-refractivity contribution in [1.82, 2.24) is 9.66 Å². The summed E-state index contributed by atoms with van der Waals surface area (Å²) >= 11 is 0. The monoisotopic (exact) mass is 417 g/mol. The fraction of sp³-hybridized carbons (Fsp3) is 0.591. The lowest BCUT2D eigenvalue weighted by atomic mass is 10.1. The van der Waals surface area contributed by atoms with Gasteiger partial charge in [-0.25, -0.2) is 4.98 Å². The Morgan fingerprint density at radius 2 is 1.72 bits per heavy atom. The smallest absolute Gasteiger partial charge is 0.280 e. The molecule has 0 radical (unpaired) electrons. The molecule has 160 valence electrons. The molecule has 2 rings (SSSR count). The van der Waals surface area contributed by atoms with Crippen molar-refractivity contribution >= 4 is 25.1 Å². The van der Waals surface area contributed by atoms with Crippen molar-refractivity contribution in [1.29, 1.82) is 0 Å². The Morgan fingerprint density at radius 3 is 2.24 bits per heavy atom. The van der Waals surface area contributed by atoms with Gasteiger partial charge in [-0.3, -0.25) is 15.0 Å². The molecule has 0 aliphatic rings. The highest BCUT2D eigenvalue weighted by atomic mass is 28.4. The van der Waals surface area contributed by atoms with Gasteiger partial charge in [0.05, 0.1) is 10.9 Å². The van der Waals surface area contributed by atoms with Gasteiger partial charge >= 0.3 is 0 Å². The Hall–Kier alpha value is -1.99. The second-order valence-electron chi connectivity index (χ2n) is 9.80. The van der Waals surface area contributed by atoms with Crippen molar-refractivity contribution in [2.75, 3.05) is 5.43 Å². The zero-order chi connectivity index (χ0) is 22.1. The molecule has 2 aromatic rings. The van der Waals surface area contributed by atoms with Crippen LogP contribution in [0.25, 0.3) is 10.9 Å². The van der Waals surface area contributed by atoms with Crippen molar-refractivity contribution < 1.29 is 9.22 Å². The van der Waals surface area contributed by atoms with Crippen LogP contribution in [0.2, 0.25) is 18.1 Å². The molecule has 0 aliphatic carbocycles. The normalized spacial score (nSPS) is 13.9. The van der Waals surface area contributed by atoms with E-state index >= 15 is 0 Å². The maximum absolute atomic E-state index is 13.3. The van der Waals surface area contributed by atoms with Gasteiger partial charge < -0.3 is 4.43 Å². The number of nitrogens with one attached hydrogen (secondary N) is 1. The molecule has 0 bridgehead atoms. The van der Waals surface area contributed by atoms with Crippen LogP contribution in [-0.4, -0.2) is 23.9 Å². The molecule has 0 saturated heterocycles. The van der Waals surface area contributed by atoms with Crippen LogP contribution in [0.15, 0.2) is 29.1 Å². The SMILES string of the molecule is CC(C)C(=O)Nn1c([C@@H](O[Si](C)(C)C(C)(C)C)C(C)C)nc2ccccc2c1=O. The van der Waals surface area contributed by atoms with Crippen LogP contribution in [-0.2, 0) is 9.22 Å². The highest BCUT2D eigenvalue weighted by Gasteiger charge is 2.41. The molecule has 1 aromatic heterocycles. The van der Waals surface area contributed by atoms with Gasteiger partial charge in [0.2, 0.25) is 5.91 Å². The summed E-state index contributed by atoms with van der Waals surface area (Å²) in [6, 6.07) is 7.20. The van der Waals surface area contributed by atoms with Gasteiger partial charge in [0.25, 0.3) is 5.56 Å². The van der Waals surface area contributed by atoms with Crippen LogP contribution < -0.4 is 11.0 Å².